The van der Waals surface area contributed by atoms with E-state index < -0.39 is 0 Å². The van der Waals surface area contributed by atoms with Gasteiger partial charge in [0.15, 0.2) is 4.77 Å². The smallest absolute Gasteiger partial charge is 0.262 e. The fourth-order valence-corrected chi connectivity index (χ4v) is 3.91. The molecule has 1 amide bonds. The minimum absolute atomic E-state index is 0.170. The summed E-state index contributed by atoms with van der Waals surface area (Å²) < 4.78 is 6.91. The quantitative estimate of drug-likeness (QED) is 0.355. The van der Waals surface area contributed by atoms with Gasteiger partial charge in [-0.25, -0.2) is 0 Å². The van der Waals surface area contributed by atoms with Crippen LogP contribution in [0.15, 0.2) is 47.3 Å². The number of hydrogen-bond donors (Lipinski definition) is 2. The molecule has 1 heterocycles. The highest BCUT2D eigenvalue weighted by Crippen LogP contribution is 2.16. The van der Waals surface area contributed by atoms with Crippen LogP contribution >= 0.6 is 12.2 Å². The third kappa shape index (κ3) is 5.70. The van der Waals surface area contributed by atoms with E-state index in [1.165, 1.54) is 4.57 Å². The van der Waals surface area contributed by atoms with E-state index in [1.54, 1.807) is 25.3 Å². The van der Waals surface area contributed by atoms with E-state index in [0.717, 1.165) is 30.9 Å². The zero-order valence-corrected chi connectivity index (χ0v) is 19.6. The normalized spacial score (nSPS) is 11.2. The Morgan fingerprint density at radius 2 is 1.97 bits per heavy atom. The number of nitrogens with one attached hydrogen (secondary N) is 2. The average Bonchev–Trinajstić information content (AvgIpc) is 2.79. The number of amides is 1. The lowest BCUT2D eigenvalue weighted by molar-refractivity contribution is 0.102. The molecule has 1 aromatic heterocycles. The van der Waals surface area contributed by atoms with E-state index in [4.69, 9.17) is 17.0 Å². The maximum atomic E-state index is 12.9. The number of anilines is 1. The van der Waals surface area contributed by atoms with Gasteiger partial charge < -0.3 is 15.0 Å². The van der Waals surface area contributed by atoms with Crippen molar-refractivity contribution >= 4 is 34.7 Å². The van der Waals surface area contributed by atoms with Crippen molar-refractivity contribution in [3.05, 3.63) is 68.7 Å². The van der Waals surface area contributed by atoms with Crippen molar-refractivity contribution < 1.29 is 9.53 Å². The van der Waals surface area contributed by atoms with Crippen LogP contribution in [0.4, 0.5) is 5.69 Å². The predicted molar refractivity (Wildman–Crippen MR) is 131 cm³/mol. The molecule has 3 rings (SSSR count). The van der Waals surface area contributed by atoms with Gasteiger partial charge >= 0.3 is 0 Å². The van der Waals surface area contributed by atoms with Gasteiger partial charge in [0.2, 0.25) is 0 Å². The summed E-state index contributed by atoms with van der Waals surface area (Å²) in [6, 6.07) is 12.9. The van der Waals surface area contributed by atoms with E-state index in [0.29, 0.717) is 40.8 Å². The van der Waals surface area contributed by atoms with Crippen molar-refractivity contribution in [3.8, 4) is 0 Å². The minimum atomic E-state index is -0.240. The molecule has 2 N–H and O–H groups in total. The van der Waals surface area contributed by atoms with Gasteiger partial charge in [0.1, 0.15) is 0 Å². The maximum absolute atomic E-state index is 12.9. The number of rotatable bonds is 10. The third-order valence-corrected chi connectivity index (χ3v) is 5.78. The van der Waals surface area contributed by atoms with Crippen LogP contribution < -0.4 is 10.9 Å². The molecule has 0 atom stereocenters. The molecule has 0 bridgehead atoms. The molecule has 0 saturated heterocycles. The van der Waals surface area contributed by atoms with Crippen molar-refractivity contribution in [1.82, 2.24) is 14.5 Å². The summed E-state index contributed by atoms with van der Waals surface area (Å²) in [5, 5.41) is 3.45. The molecule has 0 aliphatic carbocycles. The molecule has 170 valence electrons. The van der Waals surface area contributed by atoms with Crippen LogP contribution in [0, 0.1) is 4.77 Å². The number of benzene rings is 2. The number of carbonyl (C=O) groups excluding carboxylic acids is 1. The lowest BCUT2D eigenvalue weighted by Gasteiger charge is -2.18. The van der Waals surface area contributed by atoms with Crippen molar-refractivity contribution in [1.29, 1.82) is 0 Å². The molecule has 0 spiro atoms. The first-order valence-corrected chi connectivity index (χ1v) is 11.3. The molecule has 0 aliphatic heterocycles. The predicted octanol–water partition coefficient (Wildman–Crippen LogP) is 4.19. The Kier molecular flexibility index (Phi) is 8.33. The molecule has 0 unspecified atom stereocenters. The van der Waals surface area contributed by atoms with E-state index in [2.05, 4.69) is 35.1 Å². The highest BCUT2D eigenvalue weighted by atomic mass is 32.1. The molecule has 0 aliphatic rings. The van der Waals surface area contributed by atoms with Crippen LogP contribution in [0.25, 0.3) is 10.9 Å². The first kappa shape index (κ1) is 23.8. The number of nitrogens with zero attached hydrogens (tertiary/aromatic N) is 2. The zero-order valence-electron chi connectivity index (χ0n) is 18.8. The van der Waals surface area contributed by atoms with Gasteiger partial charge in [0.05, 0.1) is 10.9 Å². The average molecular weight is 455 g/mol. The van der Waals surface area contributed by atoms with E-state index in [1.807, 2.05) is 18.2 Å². The van der Waals surface area contributed by atoms with E-state index in [-0.39, 0.29) is 11.5 Å². The van der Waals surface area contributed by atoms with E-state index >= 15 is 0 Å². The Hall–Kier alpha value is -2.81. The lowest BCUT2D eigenvalue weighted by atomic mass is 10.1. The van der Waals surface area contributed by atoms with Crippen LogP contribution in [0.5, 0.6) is 0 Å². The topological polar surface area (TPSA) is 79.4 Å². The monoisotopic (exact) mass is 454 g/mol. The summed E-state index contributed by atoms with van der Waals surface area (Å²) in [6.07, 6.45) is 0.688. The van der Waals surface area contributed by atoms with Gasteiger partial charge in [0.25, 0.3) is 11.5 Å². The number of aromatic amines is 1. The first-order chi connectivity index (χ1) is 15.5. The second-order valence-corrected chi connectivity index (χ2v) is 8.00. The fourth-order valence-electron chi connectivity index (χ4n) is 3.62. The fraction of sp³-hybridized carbons (Fsp3) is 0.375. The number of H-pyrrole nitrogens is 1. The molecule has 2 aromatic carbocycles. The Bertz CT molecular complexity index is 1200. The molecule has 0 saturated carbocycles. The molecule has 0 radical (unpaired) electrons. The standard InChI is InChI=1S/C24H30N4O3S/c1-4-27(5-2)16-17-8-6-9-19(14-17)25-22(29)18-10-11-20-21(15-18)26-24(32)28(23(20)30)12-7-13-31-3/h6,8-11,14-15H,4-5,7,12-13,16H2,1-3H3,(H,25,29)(H,26,32). The number of carbonyl (C=O) groups is 1. The lowest BCUT2D eigenvalue weighted by Crippen LogP contribution is -2.23. The van der Waals surface area contributed by atoms with Crippen molar-refractivity contribution in [2.75, 3.05) is 32.1 Å². The molecule has 3 aromatic rings. The van der Waals surface area contributed by atoms with Gasteiger partial charge in [-0.1, -0.05) is 26.0 Å². The Morgan fingerprint density at radius 1 is 1.19 bits per heavy atom. The first-order valence-electron chi connectivity index (χ1n) is 10.8. The second-order valence-electron chi connectivity index (χ2n) is 7.61. The van der Waals surface area contributed by atoms with Crippen molar-refractivity contribution in [2.24, 2.45) is 0 Å². The zero-order chi connectivity index (χ0) is 23.1. The second kappa shape index (κ2) is 11.2. The van der Waals surface area contributed by atoms with Crippen LogP contribution in [-0.4, -0.2) is 47.2 Å². The minimum Gasteiger partial charge on any atom is -0.385 e. The summed E-state index contributed by atoms with van der Waals surface area (Å²) >= 11 is 5.36. The molecule has 32 heavy (non-hydrogen) atoms. The van der Waals surface area contributed by atoms with Crippen molar-refractivity contribution in [2.45, 2.75) is 33.4 Å². The highest BCUT2D eigenvalue weighted by molar-refractivity contribution is 7.71. The number of methoxy groups -OCH3 is 1. The van der Waals surface area contributed by atoms with Crippen LogP contribution in [0.3, 0.4) is 0 Å². The SMILES string of the molecule is CCN(CC)Cc1cccc(NC(=O)c2ccc3c(=O)n(CCCOC)c(=S)[nH]c3c2)c1. The van der Waals surface area contributed by atoms with Crippen LogP contribution in [0.1, 0.15) is 36.2 Å². The molecular weight excluding hydrogens is 424 g/mol. The highest BCUT2D eigenvalue weighted by Gasteiger charge is 2.11. The van der Waals surface area contributed by atoms with Crippen LogP contribution in [-0.2, 0) is 17.8 Å². The summed E-state index contributed by atoms with van der Waals surface area (Å²) in [5.41, 5.74) is 2.71. The van der Waals surface area contributed by atoms with Gasteiger partial charge in [-0.15, -0.1) is 0 Å². The largest absolute Gasteiger partial charge is 0.385 e. The third-order valence-electron chi connectivity index (χ3n) is 5.46. The summed E-state index contributed by atoms with van der Waals surface area (Å²) in [4.78, 5) is 31.1. The summed E-state index contributed by atoms with van der Waals surface area (Å²) in [5.74, 6) is -0.240. The molecule has 0 fully saturated rings. The molecule has 8 heteroatoms. The van der Waals surface area contributed by atoms with Gasteiger partial charge in [-0.3, -0.25) is 19.1 Å². The molecular formula is C24H30N4O3S. The maximum Gasteiger partial charge on any atom is 0.262 e. The number of ether oxygens (including phenoxy) is 1. The Labute approximate surface area is 193 Å². The summed E-state index contributed by atoms with van der Waals surface area (Å²) in [7, 11) is 1.62. The number of fused-ring (bicyclic) bond motifs is 1. The van der Waals surface area contributed by atoms with Gasteiger partial charge in [-0.2, -0.15) is 0 Å². The Morgan fingerprint density at radius 3 is 2.69 bits per heavy atom. The van der Waals surface area contributed by atoms with E-state index in [9.17, 15) is 9.59 Å². The summed E-state index contributed by atoms with van der Waals surface area (Å²) in [6.45, 7) is 8.07. The Balaban J connectivity index is 1.81. The van der Waals surface area contributed by atoms with Crippen LogP contribution in [0.2, 0.25) is 0 Å². The van der Waals surface area contributed by atoms with Gasteiger partial charge in [0, 0.05) is 38.1 Å². The number of hydrogen-bond acceptors (Lipinski definition) is 5. The molecule has 7 nitrogen and oxygen atoms in total. The number of aromatic nitrogens is 2. The van der Waals surface area contributed by atoms with Crippen molar-refractivity contribution in [3.63, 3.8) is 0 Å². The van der Waals surface area contributed by atoms with Gasteiger partial charge in [-0.05, 0) is 67.6 Å².